The van der Waals surface area contributed by atoms with Crippen LogP contribution in [0.1, 0.15) is 26.2 Å². The molecule has 1 atom stereocenters. The van der Waals surface area contributed by atoms with Crippen LogP contribution in [0, 0.1) is 0 Å². The van der Waals surface area contributed by atoms with Crippen LogP contribution in [-0.2, 0) is 9.59 Å². The average Bonchev–Trinajstić information content (AvgIpc) is 2.08. The SMILES string of the molecule is CN([13CH3])C(CCCCNC([13CH3])=O)C([15NH2])=O. The molecular formula is C10H21N3O2. The lowest BCUT2D eigenvalue weighted by Crippen LogP contribution is -2.40. The van der Waals surface area contributed by atoms with E-state index in [4.69, 9.17) is 5.73 Å². The van der Waals surface area contributed by atoms with E-state index in [1.165, 1.54) is 6.92 Å². The highest BCUT2D eigenvalue weighted by Gasteiger charge is 2.16. The lowest BCUT2D eigenvalue weighted by atomic mass is 10.1. The third-order valence-corrected chi connectivity index (χ3v) is 2.23. The van der Waals surface area contributed by atoms with E-state index in [2.05, 4.69) is 5.32 Å². The molecule has 5 heteroatoms. The van der Waals surface area contributed by atoms with E-state index in [9.17, 15) is 9.59 Å². The molecule has 0 heterocycles. The summed E-state index contributed by atoms with van der Waals surface area (Å²) in [6.45, 7) is 2.15. The zero-order valence-corrected chi connectivity index (χ0v) is 9.75. The second-order valence-electron chi connectivity index (χ2n) is 3.86. The first-order valence-electron chi connectivity index (χ1n) is 5.15. The molecule has 0 rings (SSSR count). The number of nitrogens with zero attached hydrogens (tertiary/aromatic N) is 1. The molecule has 0 radical (unpaired) electrons. The van der Waals surface area contributed by atoms with Gasteiger partial charge in [-0.2, -0.15) is 0 Å². The quantitative estimate of drug-likeness (QED) is 0.350. The maximum atomic E-state index is 11.0. The normalized spacial score (nSPS) is 12.5. The topological polar surface area (TPSA) is 75.4 Å². The van der Waals surface area contributed by atoms with E-state index in [0.717, 1.165) is 19.3 Å². The van der Waals surface area contributed by atoms with Gasteiger partial charge in [0, 0.05) is 13.5 Å². The molecular weight excluding hydrogens is 197 g/mol. The van der Waals surface area contributed by atoms with Gasteiger partial charge in [0.05, 0.1) is 6.04 Å². The first kappa shape index (κ1) is 13.9. The number of hydrogen-bond donors (Lipinski definition) is 2. The Morgan fingerprint density at radius 3 is 2.33 bits per heavy atom. The molecule has 2 amide bonds. The highest BCUT2D eigenvalue weighted by molar-refractivity contribution is 5.79. The van der Waals surface area contributed by atoms with Crippen LogP contribution in [-0.4, -0.2) is 43.4 Å². The average molecular weight is 218 g/mol. The molecule has 0 saturated carbocycles. The Hall–Kier alpha value is -1.10. The van der Waals surface area contributed by atoms with Gasteiger partial charge in [0.2, 0.25) is 11.8 Å². The van der Waals surface area contributed by atoms with E-state index in [0.29, 0.717) is 6.54 Å². The number of carbonyl (C=O) groups excluding carboxylic acids is 2. The number of carbonyl (C=O) groups is 2. The number of hydrogen-bond acceptors (Lipinski definition) is 3. The molecule has 0 aromatic rings. The zero-order chi connectivity index (χ0) is 11.8. The number of likely N-dealkylation sites (N-methyl/N-ethyl adjacent to an activating group) is 1. The van der Waals surface area contributed by atoms with Crippen molar-refractivity contribution >= 4 is 11.8 Å². The Balaban J connectivity index is 3.63. The van der Waals surface area contributed by atoms with E-state index in [1.54, 1.807) is 0 Å². The molecule has 0 aromatic carbocycles. The number of unbranched alkanes of at least 4 members (excludes halogenated alkanes) is 1. The third kappa shape index (κ3) is 6.90. The van der Waals surface area contributed by atoms with Crippen LogP contribution in [0.3, 0.4) is 0 Å². The summed E-state index contributed by atoms with van der Waals surface area (Å²) in [5.74, 6) is -0.311. The number of rotatable bonds is 7. The molecule has 88 valence electrons. The summed E-state index contributed by atoms with van der Waals surface area (Å²) in [5, 5.41) is 2.71. The number of nitrogens with two attached hydrogens (primary N) is 1. The second kappa shape index (κ2) is 7.23. The summed E-state index contributed by atoms with van der Waals surface area (Å²) >= 11 is 0. The molecule has 5 nitrogen and oxygen atoms in total. The third-order valence-electron chi connectivity index (χ3n) is 2.23. The predicted octanol–water partition coefficient (Wildman–Crippen LogP) is -0.292. The summed E-state index contributed by atoms with van der Waals surface area (Å²) in [5.41, 5.74) is 5.25. The Morgan fingerprint density at radius 2 is 1.93 bits per heavy atom. The van der Waals surface area contributed by atoms with Crippen LogP contribution >= 0.6 is 0 Å². The molecule has 0 aliphatic heterocycles. The summed E-state index contributed by atoms with van der Waals surface area (Å²) in [4.78, 5) is 23.4. The zero-order valence-electron chi connectivity index (χ0n) is 9.75. The Bertz CT molecular complexity index is 217. The highest BCUT2D eigenvalue weighted by Crippen LogP contribution is 2.04. The van der Waals surface area contributed by atoms with Crippen molar-refractivity contribution in [1.82, 2.24) is 10.2 Å². The van der Waals surface area contributed by atoms with Crippen LogP contribution in [0.5, 0.6) is 0 Å². The maximum absolute atomic E-state index is 11.0. The lowest BCUT2D eigenvalue weighted by Gasteiger charge is -2.20. The van der Waals surface area contributed by atoms with Crippen molar-refractivity contribution in [1.29, 1.82) is 0 Å². The first-order chi connectivity index (χ1) is 6.95. The van der Waals surface area contributed by atoms with Gasteiger partial charge in [-0.15, -0.1) is 0 Å². The van der Waals surface area contributed by atoms with Gasteiger partial charge < -0.3 is 11.1 Å². The van der Waals surface area contributed by atoms with Crippen LogP contribution in [0.15, 0.2) is 0 Å². The second-order valence-corrected chi connectivity index (χ2v) is 3.86. The highest BCUT2D eigenvalue weighted by atomic mass is 16.2. The van der Waals surface area contributed by atoms with Crippen molar-refractivity contribution in [3.63, 3.8) is 0 Å². The van der Waals surface area contributed by atoms with Crippen molar-refractivity contribution in [2.45, 2.75) is 32.2 Å². The lowest BCUT2D eigenvalue weighted by molar-refractivity contribution is -0.122. The first-order valence-corrected chi connectivity index (χ1v) is 5.15. The van der Waals surface area contributed by atoms with Crippen molar-refractivity contribution in [3.8, 4) is 0 Å². The molecule has 0 saturated heterocycles. The van der Waals surface area contributed by atoms with Gasteiger partial charge in [-0.3, -0.25) is 14.5 Å². The van der Waals surface area contributed by atoms with E-state index in [1.807, 2.05) is 19.0 Å². The molecule has 3 N–H and O–H groups in total. The van der Waals surface area contributed by atoms with Gasteiger partial charge in [0.1, 0.15) is 0 Å². The number of amides is 2. The van der Waals surface area contributed by atoms with Crippen LogP contribution in [0.25, 0.3) is 0 Å². The van der Waals surface area contributed by atoms with Gasteiger partial charge in [0.25, 0.3) is 0 Å². The van der Waals surface area contributed by atoms with Crippen LogP contribution in [0.4, 0.5) is 0 Å². The molecule has 15 heavy (non-hydrogen) atoms. The summed E-state index contributed by atoms with van der Waals surface area (Å²) < 4.78 is 0. The fraction of sp³-hybridized carbons (Fsp3) is 0.800. The Labute approximate surface area is 91.0 Å². The van der Waals surface area contributed by atoms with Crippen molar-refractivity contribution in [2.24, 2.45) is 5.73 Å². The van der Waals surface area contributed by atoms with E-state index >= 15 is 0 Å². The van der Waals surface area contributed by atoms with Crippen molar-refractivity contribution in [2.75, 3.05) is 20.6 Å². The molecule has 0 aliphatic carbocycles. The van der Waals surface area contributed by atoms with Gasteiger partial charge in [-0.1, -0.05) is 0 Å². The monoisotopic (exact) mass is 218 g/mol. The fourth-order valence-electron chi connectivity index (χ4n) is 1.38. The van der Waals surface area contributed by atoms with Gasteiger partial charge in [-0.25, -0.2) is 0 Å². The standard InChI is InChI=1S/C10H21N3O2/c1-8(14)12-7-5-4-6-9(10(11)15)13(2)3/h9H,4-7H2,1-3H3,(H2,11,15)(H,12,14)/i1+1,2+1,11+1. The fourth-order valence-corrected chi connectivity index (χ4v) is 1.38. The van der Waals surface area contributed by atoms with Gasteiger partial charge >= 0.3 is 0 Å². The number of primary amides is 1. The largest absolute Gasteiger partial charge is 0.368 e. The van der Waals surface area contributed by atoms with Crippen LogP contribution in [0.2, 0.25) is 0 Å². The van der Waals surface area contributed by atoms with Gasteiger partial charge in [-0.05, 0) is 33.4 Å². The number of nitrogens with one attached hydrogen (secondary N) is 1. The minimum absolute atomic E-state index is 0.0194. The predicted molar refractivity (Wildman–Crippen MR) is 59.2 cm³/mol. The molecule has 0 aromatic heterocycles. The van der Waals surface area contributed by atoms with Crippen molar-refractivity contribution < 1.29 is 9.59 Å². The Morgan fingerprint density at radius 1 is 1.33 bits per heavy atom. The Kier molecular flexibility index (Phi) is 6.70. The molecule has 0 aliphatic rings. The summed E-state index contributed by atoms with van der Waals surface area (Å²) in [6, 6.07) is -0.206. The van der Waals surface area contributed by atoms with E-state index < -0.39 is 0 Å². The molecule has 0 fully saturated rings. The van der Waals surface area contributed by atoms with E-state index in [-0.39, 0.29) is 17.9 Å². The van der Waals surface area contributed by atoms with Crippen LogP contribution < -0.4 is 11.1 Å². The minimum Gasteiger partial charge on any atom is -0.368 e. The van der Waals surface area contributed by atoms with Gasteiger partial charge in [0.15, 0.2) is 0 Å². The summed E-state index contributed by atoms with van der Waals surface area (Å²) in [6.07, 6.45) is 2.49. The smallest absolute Gasteiger partial charge is 0.234 e. The molecule has 0 bridgehead atoms. The molecule has 1 unspecified atom stereocenters. The molecule has 0 spiro atoms. The maximum Gasteiger partial charge on any atom is 0.234 e. The summed E-state index contributed by atoms with van der Waals surface area (Å²) in [7, 11) is 3.67. The minimum atomic E-state index is -0.292. The van der Waals surface area contributed by atoms with Crippen molar-refractivity contribution in [3.05, 3.63) is 0 Å².